The van der Waals surface area contributed by atoms with Crippen LogP contribution >= 0.6 is 0 Å². The van der Waals surface area contributed by atoms with Gasteiger partial charge in [0.2, 0.25) is 0 Å². The topological polar surface area (TPSA) is 12.0 Å². The van der Waals surface area contributed by atoms with E-state index in [0.29, 0.717) is 5.56 Å². The van der Waals surface area contributed by atoms with Gasteiger partial charge in [-0.2, -0.15) is 0 Å². The van der Waals surface area contributed by atoms with E-state index in [1.807, 2.05) is 6.92 Å². The minimum Gasteiger partial charge on any atom is -0.307 e. The van der Waals surface area contributed by atoms with E-state index in [4.69, 9.17) is 0 Å². The summed E-state index contributed by atoms with van der Waals surface area (Å²) in [6.07, 6.45) is 2.51. The summed E-state index contributed by atoms with van der Waals surface area (Å²) in [6, 6.07) is 3.84. The Labute approximate surface area is 88.8 Å². The maximum absolute atomic E-state index is 13.4. The summed E-state index contributed by atoms with van der Waals surface area (Å²) in [7, 11) is 0. The fraction of sp³-hybridized carbons (Fsp3) is 0.333. The zero-order valence-electron chi connectivity index (χ0n) is 8.76. The Bertz CT molecular complexity index is 336. The van der Waals surface area contributed by atoms with Crippen LogP contribution in [0.5, 0.6) is 0 Å². The lowest BCUT2D eigenvalue weighted by atomic mass is 10.1. The highest BCUT2D eigenvalue weighted by Crippen LogP contribution is 2.19. The molecule has 1 N–H and O–H groups in total. The Kier molecular flexibility index (Phi) is 4.43. The highest BCUT2D eigenvalue weighted by atomic mass is 19.2. The first-order chi connectivity index (χ1) is 7.20. The van der Waals surface area contributed by atoms with E-state index in [2.05, 4.69) is 11.9 Å². The minimum absolute atomic E-state index is 0.304. The molecule has 0 aliphatic carbocycles. The number of hydrogen-bond acceptors (Lipinski definition) is 1. The van der Waals surface area contributed by atoms with Crippen LogP contribution in [0.1, 0.15) is 24.9 Å². The molecule has 0 fully saturated rings. The second-order valence-corrected chi connectivity index (χ2v) is 3.31. The van der Waals surface area contributed by atoms with Crippen molar-refractivity contribution in [3.05, 3.63) is 48.1 Å². The first-order valence-corrected chi connectivity index (χ1v) is 5.00. The zero-order chi connectivity index (χ0) is 11.3. The van der Waals surface area contributed by atoms with E-state index in [1.165, 1.54) is 6.07 Å². The fourth-order valence-electron chi connectivity index (χ4n) is 1.38. The highest BCUT2D eigenvalue weighted by Gasteiger charge is 2.14. The van der Waals surface area contributed by atoms with Gasteiger partial charge < -0.3 is 5.32 Å². The van der Waals surface area contributed by atoms with Crippen LogP contribution in [0.2, 0.25) is 0 Å². The average Bonchev–Trinajstić information content (AvgIpc) is 2.25. The van der Waals surface area contributed by atoms with Crippen LogP contribution in [0.3, 0.4) is 0 Å². The molecule has 0 aliphatic heterocycles. The Morgan fingerprint density at radius 1 is 1.47 bits per heavy atom. The molecule has 0 amide bonds. The smallest absolute Gasteiger partial charge is 0.163 e. The molecule has 1 rings (SSSR count). The number of hydrogen-bond donors (Lipinski definition) is 1. The third-order valence-electron chi connectivity index (χ3n) is 2.17. The molecule has 1 atom stereocenters. The van der Waals surface area contributed by atoms with Gasteiger partial charge in [-0.15, -0.1) is 6.58 Å². The van der Waals surface area contributed by atoms with Crippen molar-refractivity contribution in [3.8, 4) is 0 Å². The van der Waals surface area contributed by atoms with Gasteiger partial charge in [0.25, 0.3) is 0 Å². The van der Waals surface area contributed by atoms with E-state index in [1.54, 1.807) is 12.1 Å². The summed E-state index contributed by atoms with van der Waals surface area (Å²) < 4.78 is 26.4. The predicted octanol–water partition coefficient (Wildman–Crippen LogP) is 3.19. The van der Waals surface area contributed by atoms with Crippen LogP contribution < -0.4 is 5.32 Å². The molecule has 0 aliphatic rings. The molecule has 82 valence electrons. The van der Waals surface area contributed by atoms with Gasteiger partial charge in [0.15, 0.2) is 11.6 Å². The molecule has 3 heteroatoms. The summed E-state index contributed by atoms with van der Waals surface area (Å²) in [5, 5.41) is 3.08. The lowest BCUT2D eigenvalue weighted by Gasteiger charge is -2.15. The SMILES string of the molecule is C=CC(NCCC)c1cccc(F)c1F. The molecule has 1 aromatic carbocycles. The van der Waals surface area contributed by atoms with Gasteiger partial charge in [-0.1, -0.05) is 25.1 Å². The standard InChI is InChI=1S/C12H15F2N/c1-3-8-15-11(4-2)9-6-5-7-10(13)12(9)14/h4-7,11,15H,2-3,8H2,1H3. The minimum atomic E-state index is -0.822. The Hall–Kier alpha value is -1.22. The monoisotopic (exact) mass is 211 g/mol. The van der Waals surface area contributed by atoms with Crippen LogP contribution in [0.25, 0.3) is 0 Å². The molecule has 15 heavy (non-hydrogen) atoms. The van der Waals surface area contributed by atoms with Gasteiger partial charge in [0.05, 0.1) is 6.04 Å². The Morgan fingerprint density at radius 3 is 2.80 bits per heavy atom. The van der Waals surface area contributed by atoms with Gasteiger partial charge >= 0.3 is 0 Å². The van der Waals surface area contributed by atoms with Crippen molar-refractivity contribution >= 4 is 0 Å². The van der Waals surface area contributed by atoms with Gasteiger partial charge in [0.1, 0.15) is 0 Å². The Balaban J connectivity index is 2.91. The van der Waals surface area contributed by atoms with Crippen LogP contribution in [0.15, 0.2) is 30.9 Å². The maximum Gasteiger partial charge on any atom is 0.163 e. The van der Waals surface area contributed by atoms with Crippen molar-refractivity contribution in [2.24, 2.45) is 0 Å². The van der Waals surface area contributed by atoms with Gasteiger partial charge in [-0.25, -0.2) is 8.78 Å². The summed E-state index contributed by atoms with van der Waals surface area (Å²) in [5.74, 6) is -1.62. The van der Waals surface area contributed by atoms with Gasteiger partial charge in [-0.05, 0) is 19.0 Å². The predicted molar refractivity (Wildman–Crippen MR) is 57.6 cm³/mol. The van der Waals surface area contributed by atoms with E-state index in [9.17, 15) is 8.78 Å². The van der Waals surface area contributed by atoms with Crippen molar-refractivity contribution in [2.75, 3.05) is 6.54 Å². The molecule has 0 spiro atoms. The normalized spacial score (nSPS) is 12.5. The lowest BCUT2D eigenvalue weighted by Crippen LogP contribution is -2.21. The third kappa shape index (κ3) is 2.86. The summed E-state index contributed by atoms with van der Waals surface area (Å²) in [6.45, 7) is 6.36. The zero-order valence-corrected chi connectivity index (χ0v) is 8.76. The first kappa shape index (κ1) is 11.9. The maximum atomic E-state index is 13.4. The summed E-state index contributed by atoms with van der Waals surface area (Å²) in [4.78, 5) is 0. The van der Waals surface area contributed by atoms with Crippen molar-refractivity contribution in [1.29, 1.82) is 0 Å². The Morgan fingerprint density at radius 2 is 2.20 bits per heavy atom. The van der Waals surface area contributed by atoms with Crippen molar-refractivity contribution in [2.45, 2.75) is 19.4 Å². The average molecular weight is 211 g/mol. The van der Waals surface area contributed by atoms with Crippen molar-refractivity contribution in [3.63, 3.8) is 0 Å². The molecule has 0 saturated heterocycles. The molecular weight excluding hydrogens is 196 g/mol. The van der Waals surface area contributed by atoms with Crippen LogP contribution in [-0.2, 0) is 0 Å². The van der Waals surface area contributed by atoms with E-state index in [-0.39, 0.29) is 6.04 Å². The third-order valence-corrected chi connectivity index (χ3v) is 2.17. The number of halogens is 2. The number of nitrogens with one attached hydrogen (secondary N) is 1. The highest BCUT2D eigenvalue weighted by molar-refractivity contribution is 5.25. The summed E-state index contributed by atoms with van der Waals surface area (Å²) in [5.41, 5.74) is 0.304. The second kappa shape index (κ2) is 5.61. The van der Waals surface area contributed by atoms with E-state index in [0.717, 1.165) is 19.0 Å². The molecule has 1 unspecified atom stereocenters. The van der Waals surface area contributed by atoms with E-state index >= 15 is 0 Å². The molecule has 1 aromatic rings. The molecule has 0 radical (unpaired) electrons. The molecule has 0 bridgehead atoms. The molecule has 1 nitrogen and oxygen atoms in total. The summed E-state index contributed by atoms with van der Waals surface area (Å²) >= 11 is 0. The largest absolute Gasteiger partial charge is 0.307 e. The van der Waals surface area contributed by atoms with E-state index < -0.39 is 11.6 Å². The van der Waals surface area contributed by atoms with Crippen LogP contribution in [0, 0.1) is 11.6 Å². The lowest BCUT2D eigenvalue weighted by molar-refractivity contribution is 0.483. The van der Waals surface area contributed by atoms with Crippen LogP contribution in [0.4, 0.5) is 8.78 Å². The molecular formula is C12H15F2N. The fourth-order valence-corrected chi connectivity index (χ4v) is 1.38. The molecule has 0 aromatic heterocycles. The quantitative estimate of drug-likeness (QED) is 0.737. The first-order valence-electron chi connectivity index (χ1n) is 5.00. The van der Waals surface area contributed by atoms with Crippen LogP contribution in [-0.4, -0.2) is 6.54 Å². The number of rotatable bonds is 5. The second-order valence-electron chi connectivity index (χ2n) is 3.31. The van der Waals surface area contributed by atoms with Crippen molar-refractivity contribution in [1.82, 2.24) is 5.32 Å². The number of benzene rings is 1. The molecule has 0 saturated carbocycles. The van der Waals surface area contributed by atoms with Gasteiger partial charge in [0, 0.05) is 5.56 Å². The molecule has 0 heterocycles. The van der Waals surface area contributed by atoms with Crippen molar-refractivity contribution < 1.29 is 8.78 Å². The van der Waals surface area contributed by atoms with Gasteiger partial charge in [-0.3, -0.25) is 0 Å².